The summed E-state index contributed by atoms with van der Waals surface area (Å²) in [6.45, 7) is 0. The van der Waals surface area contributed by atoms with E-state index in [1.165, 1.54) is 22.7 Å². The van der Waals surface area contributed by atoms with Gasteiger partial charge < -0.3 is 0 Å². The van der Waals surface area contributed by atoms with E-state index in [2.05, 4.69) is 0 Å². The van der Waals surface area contributed by atoms with Crippen LogP contribution in [0.25, 0.3) is 11.9 Å². The molecular weight excluding hydrogens is 203 g/mol. The Morgan fingerprint density at radius 1 is 1.15 bits per heavy atom. The summed E-state index contributed by atoms with van der Waals surface area (Å²) in [6.07, 6.45) is 1.57. The van der Waals surface area contributed by atoms with Gasteiger partial charge in [0.05, 0.1) is 4.88 Å². The molecule has 2 aromatic heterocycles. The second-order valence-corrected chi connectivity index (χ2v) is 4.41. The van der Waals surface area contributed by atoms with Crippen LogP contribution in [0.5, 0.6) is 0 Å². The average Bonchev–Trinajstić information content (AvgIpc) is 2.74. The smallest absolute Gasteiger partial charge is 0.141 e. The third kappa shape index (κ3) is 2.05. The van der Waals surface area contributed by atoms with Gasteiger partial charge in [0, 0.05) is 4.88 Å². The van der Waals surface area contributed by atoms with Crippen molar-refractivity contribution in [2.24, 2.45) is 0 Å². The fourth-order valence-electron chi connectivity index (χ4n) is 0.984. The Hall–Kier alpha value is -0.930. The molecule has 0 saturated carbocycles. The van der Waals surface area contributed by atoms with Crippen molar-refractivity contribution in [2.75, 3.05) is 0 Å². The Labute approximate surface area is 84.0 Å². The van der Waals surface area contributed by atoms with Gasteiger partial charge in [-0.1, -0.05) is 12.1 Å². The van der Waals surface area contributed by atoms with Crippen LogP contribution in [0, 0.1) is 0 Å². The van der Waals surface area contributed by atoms with E-state index >= 15 is 0 Å². The van der Waals surface area contributed by atoms with Gasteiger partial charge >= 0.3 is 0 Å². The molecule has 0 aliphatic heterocycles. The van der Waals surface area contributed by atoms with Crippen LogP contribution in [-0.4, -0.2) is 0 Å². The van der Waals surface area contributed by atoms with E-state index in [1.54, 1.807) is 12.1 Å². The second kappa shape index (κ2) is 3.85. The minimum atomic E-state index is -0.155. The van der Waals surface area contributed by atoms with Crippen LogP contribution < -0.4 is 0 Å². The van der Waals surface area contributed by atoms with Crippen LogP contribution in [0.1, 0.15) is 9.75 Å². The van der Waals surface area contributed by atoms with Gasteiger partial charge in [0.15, 0.2) is 0 Å². The van der Waals surface area contributed by atoms with Crippen molar-refractivity contribution < 1.29 is 4.39 Å². The van der Waals surface area contributed by atoms with Crippen molar-refractivity contribution in [3.05, 3.63) is 44.8 Å². The highest BCUT2D eigenvalue weighted by molar-refractivity contribution is 7.11. The van der Waals surface area contributed by atoms with Crippen molar-refractivity contribution in [3.63, 3.8) is 0 Å². The molecule has 0 aliphatic carbocycles. The van der Waals surface area contributed by atoms with Crippen LogP contribution in [0.3, 0.4) is 0 Å². The molecule has 0 aliphatic rings. The van der Waals surface area contributed by atoms with E-state index in [4.69, 9.17) is 0 Å². The standard InChI is InChI=1S/C10H7FS2/c11-9(10-4-2-6-13-10)7-8-3-1-5-12-8/h1-7H/b9-7+. The molecule has 0 aromatic carbocycles. The molecular formula is C10H7FS2. The Morgan fingerprint density at radius 2 is 1.92 bits per heavy atom. The summed E-state index contributed by atoms with van der Waals surface area (Å²) in [5, 5.41) is 3.81. The van der Waals surface area contributed by atoms with Gasteiger partial charge in [0.25, 0.3) is 0 Å². The molecule has 2 heterocycles. The lowest BCUT2D eigenvalue weighted by molar-refractivity contribution is 0.769. The molecule has 13 heavy (non-hydrogen) atoms. The molecule has 0 spiro atoms. The number of hydrogen-bond acceptors (Lipinski definition) is 2. The van der Waals surface area contributed by atoms with Gasteiger partial charge in [-0.15, -0.1) is 22.7 Å². The first-order valence-corrected chi connectivity index (χ1v) is 5.57. The highest BCUT2D eigenvalue weighted by atomic mass is 32.1. The highest BCUT2D eigenvalue weighted by Gasteiger charge is 2.00. The van der Waals surface area contributed by atoms with Crippen molar-refractivity contribution in [1.82, 2.24) is 0 Å². The maximum Gasteiger partial charge on any atom is 0.141 e. The number of hydrogen-bond donors (Lipinski definition) is 0. The van der Waals surface area contributed by atoms with Crippen LogP contribution in [-0.2, 0) is 0 Å². The first-order valence-electron chi connectivity index (χ1n) is 3.81. The third-order valence-corrected chi connectivity index (χ3v) is 3.27. The van der Waals surface area contributed by atoms with Gasteiger partial charge in [0.1, 0.15) is 5.83 Å². The quantitative estimate of drug-likeness (QED) is 0.694. The molecule has 0 bridgehead atoms. The number of thiophene rings is 2. The summed E-state index contributed by atoms with van der Waals surface area (Å²) in [7, 11) is 0. The Morgan fingerprint density at radius 3 is 2.54 bits per heavy atom. The summed E-state index contributed by atoms with van der Waals surface area (Å²) < 4.78 is 13.4. The summed E-state index contributed by atoms with van der Waals surface area (Å²) in [4.78, 5) is 1.64. The first kappa shape index (κ1) is 8.66. The van der Waals surface area contributed by atoms with Gasteiger partial charge in [-0.05, 0) is 29.0 Å². The fraction of sp³-hybridized carbons (Fsp3) is 0. The molecule has 66 valence electrons. The van der Waals surface area contributed by atoms with E-state index in [0.717, 1.165) is 4.88 Å². The number of rotatable bonds is 2. The maximum atomic E-state index is 13.4. The van der Waals surface area contributed by atoms with Crippen LogP contribution in [0.2, 0.25) is 0 Å². The molecule has 0 unspecified atom stereocenters. The molecule has 2 aromatic rings. The molecule has 0 N–H and O–H groups in total. The monoisotopic (exact) mass is 210 g/mol. The Kier molecular flexibility index (Phi) is 2.57. The van der Waals surface area contributed by atoms with Crippen LogP contribution in [0.15, 0.2) is 35.0 Å². The summed E-state index contributed by atoms with van der Waals surface area (Å²) in [5.41, 5.74) is 0. The summed E-state index contributed by atoms with van der Waals surface area (Å²) >= 11 is 2.95. The Bertz CT molecular complexity index is 384. The number of halogens is 1. The summed E-state index contributed by atoms with van der Waals surface area (Å²) in [6, 6.07) is 7.45. The minimum Gasteiger partial charge on any atom is -0.205 e. The van der Waals surface area contributed by atoms with Crippen LogP contribution >= 0.6 is 22.7 Å². The molecule has 0 fully saturated rings. The fourth-order valence-corrected chi connectivity index (χ4v) is 2.26. The van der Waals surface area contributed by atoms with Gasteiger partial charge in [-0.3, -0.25) is 0 Å². The third-order valence-electron chi connectivity index (χ3n) is 1.57. The lowest BCUT2D eigenvalue weighted by atomic mass is 10.3. The van der Waals surface area contributed by atoms with Crippen molar-refractivity contribution in [3.8, 4) is 0 Å². The largest absolute Gasteiger partial charge is 0.205 e. The molecule has 0 nitrogen and oxygen atoms in total. The Balaban J connectivity index is 2.27. The zero-order chi connectivity index (χ0) is 9.10. The summed E-state index contributed by atoms with van der Waals surface area (Å²) in [5.74, 6) is -0.155. The first-order chi connectivity index (χ1) is 6.36. The van der Waals surface area contributed by atoms with Crippen molar-refractivity contribution in [2.45, 2.75) is 0 Å². The molecule has 0 amide bonds. The van der Waals surface area contributed by atoms with Crippen LogP contribution in [0.4, 0.5) is 4.39 Å². The van der Waals surface area contributed by atoms with Crippen molar-refractivity contribution >= 4 is 34.6 Å². The predicted molar refractivity (Wildman–Crippen MR) is 57.6 cm³/mol. The van der Waals surface area contributed by atoms with E-state index in [-0.39, 0.29) is 5.83 Å². The van der Waals surface area contributed by atoms with E-state index in [1.807, 2.05) is 29.0 Å². The van der Waals surface area contributed by atoms with E-state index in [0.29, 0.717) is 4.88 Å². The zero-order valence-electron chi connectivity index (χ0n) is 6.74. The maximum absolute atomic E-state index is 13.4. The lowest BCUT2D eigenvalue weighted by Crippen LogP contribution is -1.67. The normalized spacial score (nSPS) is 11.9. The SMILES string of the molecule is F/C(=C/c1cccs1)c1cccs1. The van der Waals surface area contributed by atoms with Gasteiger partial charge in [-0.2, -0.15) is 0 Å². The van der Waals surface area contributed by atoms with Crippen molar-refractivity contribution in [1.29, 1.82) is 0 Å². The predicted octanol–water partition coefficient (Wildman–Crippen LogP) is 4.28. The highest BCUT2D eigenvalue weighted by Crippen LogP contribution is 2.25. The minimum absolute atomic E-state index is 0.155. The molecule has 3 heteroatoms. The lowest BCUT2D eigenvalue weighted by Gasteiger charge is -1.89. The van der Waals surface area contributed by atoms with E-state index in [9.17, 15) is 4.39 Å². The van der Waals surface area contributed by atoms with Gasteiger partial charge in [-0.25, -0.2) is 4.39 Å². The zero-order valence-corrected chi connectivity index (χ0v) is 8.37. The van der Waals surface area contributed by atoms with Gasteiger partial charge in [0.2, 0.25) is 0 Å². The van der Waals surface area contributed by atoms with E-state index < -0.39 is 0 Å². The molecule has 0 saturated heterocycles. The second-order valence-electron chi connectivity index (χ2n) is 2.48. The topological polar surface area (TPSA) is 0 Å². The molecule has 0 atom stereocenters. The molecule has 0 radical (unpaired) electrons. The molecule has 2 rings (SSSR count). The average molecular weight is 210 g/mol.